The molecule has 0 aliphatic carbocycles. The van der Waals surface area contributed by atoms with E-state index in [2.05, 4.69) is 9.97 Å². The fourth-order valence-corrected chi connectivity index (χ4v) is 5.38. The van der Waals surface area contributed by atoms with Crippen LogP contribution in [0.3, 0.4) is 0 Å². The Bertz CT molecular complexity index is 1570. The largest absolute Gasteiger partial charge is 0.493 e. The van der Waals surface area contributed by atoms with Crippen molar-refractivity contribution in [3.05, 3.63) is 64.2 Å². The average Bonchev–Trinajstić information content (AvgIpc) is 3.47. The van der Waals surface area contributed by atoms with Crippen molar-refractivity contribution < 1.29 is 35.9 Å². The van der Waals surface area contributed by atoms with Gasteiger partial charge >= 0.3 is 6.18 Å². The first kappa shape index (κ1) is 29.1. The van der Waals surface area contributed by atoms with Gasteiger partial charge in [-0.05, 0) is 42.7 Å². The summed E-state index contributed by atoms with van der Waals surface area (Å²) in [4.78, 5) is 33.6. The minimum Gasteiger partial charge on any atom is -0.493 e. The van der Waals surface area contributed by atoms with Gasteiger partial charge in [0.1, 0.15) is 5.69 Å². The van der Waals surface area contributed by atoms with Gasteiger partial charge in [0.05, 0.1) is 32.2 Å². The number of amides is 1. The number of carbonyl (C=O) groups excluding carboxylic acids is 1. The van der Waals surface area contributed by atoms with Gasteiger partial charge in [-0.3, -0.25) is 9.59 Å². The van der Waals surface area contributed by atoms with Gasteiger partial charge in [0, 0.05) is 37.3 Å². The van der Waals surface area contributed by atoms with Gasteiger partial charge in [-0.1, -0.05) is 6.07 Å². The number of methoxy groups -OCH3 is 2. The van der Waals surface area contributed by atoms with Gasteiger partial charge in [-0.2, -0.15) is 13.2 Å². The quantitative estimate of drug-likeness (QED) is 0.354. The second-order valence-electron chi connectivity index (χ2n) is 9.15. The maximum Gasteiger partial charge on any atom is 0.433 e. The predicted octanol–water partition coefficient (Wildman–Crippen LogP) is 3.18. The zero-order valence-electron chi connectivity index (χ0n) is 21.8. The lowest BCUT2D eigenvalue weighted by molar-refractivity contribution is -0.141. The molecule has 3 aromatic rings. The second-order valence-corrected chi connectivity index (χ2v) is 11.2. The van der Waals surface area contributed by atoms with E-state index in [9.17, 15) is 31.2 Å². The molecule has 0 unspecified atom stereocenters. The number of carbonyl (C=O) groups is 1. The molecular formula is C26H27F3N4O6S. The zero-order chi connectivity index (χ0) is 29.1. The summed E-state index contributed by atoms with van der Waals surface area (Å²) < 4.78 is 78.8. The highest BCUT2D eigenvalue weighted by molar-refractivity contribution is 7.91. The second kappa shape index (κ2) is 11.7. The maximum atomic E-state index is 13.7. The standard InChI is InChI=1S/C26H27F3N4O6S/c1-38-20-7-5-17(13-21(20)39-2)15-33-16-18(6-8-23(33)34)19-14-22(26(27,28)29)31-25(30-19)40(36,37)12-9-24(35)32-10-3-4-11-32/h5-8,13-14,16H,3-4,9-12,15H2,1-2H3. The van der Waals surface area contributed by atoms with Gasteiger partial charge in [0.2, 0.25) is 20.9 Å². The lowest BCUT2D eigenvalue weighted by atomic mass is 10.1. The highest BCUT2D eigenvalue weighted by Gasteiger charge is 2.36. The average molecular weight is 581 g/mol. The van der Waals surface area contributed by atoms with E-state index in [1.165, 1.54) is 35.9 Å². The van der Waals surface area contributed by atoms with Crippen molar-refractivity contribution in [2.45, 2.75) is 37.1 Å². The molecule has 0 radical (unpaired) electrons. The summed E-state index contributed by atoms with van der Waals surface area (Å²) in [5.74, 6) is -0.228. The number of aromatic nitrogens is 3. The summed E-state index contributed by atoms with van der Waals surface area (Å²) in [6.07, 6.45) is -2.46. The first-order chi connectivity index (χ1) is 18.9. The minimum absolute atomic E-state index is 0.0357. The summed E-state index contributed by atoms with van der Waals surface area (Å²) in [5.41, 5.74) is -1.54. The normalized spacial score (nSPS) is 13.9. The van der Waals surface area contributed by atoms with Crippen molar-refractivity contribution in [2.75, 3.05) is 33.1 Å². The molecule has 0 N–H and O–H groups in total. The molecule has 1 amide bonds. The molecule has 2 aromatic heterocycles. The van der Waals surface area contributed by atoms with Crippen LogP contribution in [-0.4, -0.2) is 66.8 Å². The van der Waals surface area contributed by atoms with Gasteiger partial charge in [-0.25, -0.2) is 18.4 Å². The van der Waals surface area contributed by atoms with Crippen LogP contribution in [0.4, 0.5) is 13.2 Å². The summed E-state index contributed by atoms with van der Waals surface area (Å²) in [6, 6.07) is 8.01. The molecule has 1 saturated heterocycles. The van der Waals surface area contributed by atoms with E-state index in [-0.39, 0.29) is 17.8 Å². The van der Waals surface area contributed by atoms with E-state index >= 15 is 0 Å². The number of ether oxygens (including phenoxy) is 2. The molecular weight excluding hydrogens is 553 g/mol. The Balaban J connectivity index is 1.68. The number of hydrogen-bond acceptors (Lipinski definition) is 8. The number of rotatable bonds is 9. The topological polar surface area (TPSA) is 121 Å². The van der Waals surface area contributed by atoms with E-state index in [1.54, 1.807) is 18.2 Å². The maximum absolute atomic E-state index is 13.7. The van der Waals surface area contributed by atoms with E-state index < -0.39 is 50.5 Å². The molecule has 0 atom stereocenters. The third kappa shape index (κ3) is 6.61. The van der Waals surface area contributed by atoms with Crippen LogP contribution in [0.25, 0.3) is 11.3 Å². The number of nitrogens with zero attached hydrogens (tertiary/aromatic N) is 4. The van der Waals surface area contributed by atoms with E-state index in [0.717, 1.165) is 18.9 Å². The SMILES string of the molecule is COc1ccc(Cn2cc(-c3cc(C(F)(F)F)nc(S(=O)(=O)CCC(=O)N4CCCC4)n3)ccc2=O)cc1OC. The molecule has 1 fully saturated rings. The monoisotopic (exact) mass is 580 g/mol. The lowest BCUT2D eigenvalue weighted by Gasteiger charge is -2.15. The first-order valence-corrected chi connectivity index (χ1v) is 13.9. The molecule has 0 bridgehead atoms. The zero-order valence-corrected chi connectivity index (χ0v) is 22.6. The van der Waals surface area contributed by atoms with Crippen molar-refractivity contribution in [3.8, 4) is 22.8 Å². The van der Waals surface area contributed by atoms with Crippen molar-refractivity contribution in [1.82, 2.24) is 19.4 Å². The molecule has 4 rings (SSSR count). The third-order valence-corrected chi connectivity index (χ3v) is 7.88. The van der Waals surface area contributed by atoms with Crippen molar-refractivity contribution in [1.29, 1.82) is 0 Å². The number of hydrogen-bond donors (Lipinski definition) is 0. The molecule has 0 saturated carbocycles. The Morgan fingerprint density at radius 1 is 1.00 bits per heavy atom. The molecule has 40 heavy (non-hydrogen) atoms. The van der Waals surface area contributed by atoms with Gasteiger partial charge in [0.25, 0.3) is 5.56 Å². The molecule has 10 nitrogen and oxygen atoms in total. The number of pyridine rings is 1. The molecule has 1 aliphatic heterocycles. The molecule has 14 heteroatoms. The third-order valence-electron chi connectivity index (χ3n) is 6.40. The first-order valence-electron chi connectivity index (χ1n) is 12.3. The lowest BCUT2D eigenvalue weighted by Crippen LogP contribution is -2.29. The van der Waals surface area contributed by atoms with Gasteiger partial charge in [-0.15, -0.1) is 0 Å². The van der Waals surface area contributed by atoms with Gasteiger partial charge < -0.3 is 18.9 Å². The molecule has 0 spiro atoms. The number of benzene rings is 1. The van der Waals surface area contributed by atoms with E-state index in [0.29, 0.717) is 36.2 Å². The highest BCUT2D eigenvalue weighted by Crippen LogP contribution is 2.31. The minimum atomic E-state index is -4.97. The number of alkyl halides is 3. The molecule has 1 aromatic carbocycles. The highest BCUT2D eigenvalue weighted by atomic mass is 32.2. The van der Waals surface area contributed by atoms with Crippen LogP contribution in [-0.2, 0) is 27.4 Å². The smallest absolute Gasteiger partial charge is 0.433 e. The summed E-state index contributed by atoms with van der Waals surface area (Å²) >= 11 is 0. The van der Waals surface area contributed by atoms with Crippen molar-refractivity contribution >= 4 is 15.7 Å². The Hall–Kier alpha value is -3.94. The fraction of sp³-hybridized carbons (Fsp3) is 0.385. The Morgan fingerprint density at radius 3 is 2.35 bits per heavy atom. The van der Waals surface area contributed by atoms with E-state index in [4.69, 9.17) is 9.47 Å². The number of halogens is 3. The Kier molecular flexibility index (Phi) is 8.47. The van der Waals surface area contributed by atoms with Crippen LogP contribution >= 0.6 is 0 Å². The van der Waals surface area contributed by atoms with Crippen LogP contribution in [0.5, 0.6) is 11.5 Å². The molecule has 3 heterocycles. The summed E-state index contributed by atoms with van der Waals surface area (Å²) in [7, 11) is -1.51. The van der Waals surface area contributed by atoms with Crippen molar-refractivity contribution in [2.24, 2.45) is 0 Å². The summed E-state index contributed by atoms with van der Waals surface area (Å²) in [5, 5.41) is -1.04. The van der Waals surface area contributed by atoms with E-state index in [1.807, 2.05) is 0 Å². The Morgan fingerprint density at radius 2 is 1.70 bits per heavy atom. The van der Waals surface area contributed by atoms with Crippen LogP contribution in [0.2, 0.25) is 0 Å². The van der Waals surface area contributed by atoms with Crippen LogP contribution in [0.15, 0.2) is 52.5 Å². The van der Waals surface area contributed by atoms with Crippen LogP contribution in [0.1, 0.15) is 30.5 Å². The Labute approximate surface area is 228 Å². The number of likely N-dealkylation sites (tertiary alicyclic amines) is 1. The predicted molar refractivity (Wildman–Crippen MR) is 138 cm³/mol. The number of sulfone groups is 1. The molecule has 1 aliphatic rings. The van der Waals surface area contributed by atoms with Gasteiger partial charge in [0.15, 0.2) is 11.5 Å². The van der Waals surface area contributed by atoms with Crippen LogP contribution < -0.4 is 15.0 Å². The van der Waals surface area contributed by atoms with Crippen LogP contribution in [0, 0.1) is 0 Å². The molecule has 214 valence electrons. The summed E-state index contributed by atoms with van der Waals surface area (Å²) in [6.45, 7) is 1.07. The van der Waals surface area contributed by atoms with Crippen molar-refractivity contribution in [3.63, 3.8) is 0 Å². The fourth-order valence-electron chi connectivity index (χ4n) is 4.28.